The zero-order valence-corrected chi connectivity index (χ0v) is 56.7. The first-order valence-corrected chi connectivity index (χ1v) is 35.9. The van der Waals surface area contributed by atoms with Crippen LogP contribution in [-0.2, 0) is 0 Å². The molecule has 0 fully saturated rings. The van der Waals surface area contributed by atoms with Gasteiger partial charge < -0.3 is 18.3 Å². The van der Waals surface area contributed by atoms with Crippen molar-refractivity contribution in [2.24, 2.45) is 0 Å². The molecule has 22 rings (SSSR count). The van der Waals surface area contributed by atoms with E-state index in [-0.39, 0.29) is 0 Å². The highest BCUT2D eigenvalue weighted by atomic mass is 15.0. The minimum atomic E-state index is 1.16. The van der Waals surface area contributed by atoms with Gasteiger partial charge in [0.15, 0.2) is 0 Å². The van der Waals surface area contributed by atoms with Crippen LogP contribution in [0.2, 0.25) is 0 Å². The molecule has 4 heteroatoms. The van der Waals surface area contributed by atoms with Crippen molar-refractivity contribution in [2.45, 2.75) is 0 Å². The van der Waals surface area contributed by atoms with Crippen molar-refractivity contribution in [2.75, 3.05) is 0 Å². The molecule has 4 aromatic heterocycles. The van der Waals surface area contributed by atoms with E-state index < -0.39 is 0 Å². The third-order valence-corrected chi connectivity index (χ3v) is 21.8. The average Bonchev–Trinajstić information content (AvgIpc) is 1.49. The van der Waals surface area contributed by atoms with Crippen LogP contribution in [0.25, 0.3) is 198 Å². The lowest BCUT2D eigenvalue weighted by Crippen LogP contribution is -1.96. The van der Waals surface area contributed by atoms with E-state index in [1.807, 2.05) is 0 Å². The predicted octanol–water partition coefficient (Wildman–Crippen LogP) is 27.0. The quantitative estimate of drug-likeness (QED) is 0.135. The SMILES string of the molecule is c1ccc(-c2cccc3c2c2cc(-c4ccc5c(c4)c4ccccc4n5-c4ccc5ccc6ccccc6c5c4)ccc2n3-c2ccccc2)cc1.c1ccc(-c2cccc3c2c2cc(-c4ccc5c(c4)c4ccccc4n5-c4cccc5ccc6ccccc6c45)ccc2n3-c2ccccc2)cc1. The molecule has 18 aromatic carbocycles. The van der Waals surface area contributed by atoms with Crippen LogP contribution in [0.15, 0.2) is 388 Å². The van der Waals surface area contributed by atoms with Crippen molar-refractivity contribution < 1.29 is 0 Å². The van der Waals surface area contributed by atoms with Crippen molar-refractivity contribution in [3.8, 4) is 67.3 Å². The lowest BCUT2D eigenvalue weighted by Gasteiger charge is -2.14. The molecule has 0 aliphatic carbocycles. The highest BCUT2D eigenvalue weighted by Crippen LogP contribution is 2.46. The molecule has 0 unspecified atom stereocenters. The molecule has 104 heavy (non-hydrogen) atoms. The van der Waals surface area contributed by atoms with Gasteiger partial charge in [-0.05, 0) is 197 Å². The Morgan fingerprint density at radius 2 is 0.490 bits per heavy atom. The summed E-state index contributed by atoms with van der Waals surface area (Å²) in [5, 5.41) is 20.2. The van der Waals surface area contributed by atoms with Gasteiger partial charge in [-0.1, -0.05) is 273 Å². The molecule has 0 radical (unpaired) electrons. The number of aromatic nitrogens is 4. The Hall–Kier alpha value is -13.8. The van der Waals surface area contributed by atoms with Gasteiger partial charge in [-0.2, -0.15) is 0 Å². The van der Waals surface area contributed by atoms with Gasteiger partial charge in [0, 0.05) is 65.5 Å². The van der Waals surface area contributed by atoms with Crippen molar-refractivity contribution >= 4 is 130 Å². The summed E-state index contributed by atoms with van der Waals surface area (Å²) in [6, 6.07) is 142. The molecule has 0 spiro atoms. The minimum Gasteiger partial charge on any atom is -0.309 e. The first kappa shape index (κ1) is 59.1. The topological polar surface area (TPSA) is 19.7 Å². The third-order valence-electron chi connectivity index (χ3n) is 21.8. The summed E-state index contributed by atoms with van der Waals surface area (Å²) in [7, 11) is 0. The van der Waals surface area contributed by atoms with Gasteiger partial charge in [0.25, 0.3) is 0 Å². The monoisotopic (exact) mass is 1320 g/mol. The van der Waals surface area contributed by atoms with Crippen LogP contribution in [0.3, 0.4) is 0 Å². The largest absolute Gasteiger partial charge is 0.309 e. The summed E-state index contributed by atoms with van der Waals surface area (Å²) >= 11 is 0. The van der Waals surface area contributed by atoms with Crippen molar-refractivity contribution in [1.82, 2.24) is 18.3 Å². The summed E-state index contributed by atoms with van der Waals surface area (Å²) in [6.07, 6.45) is 0. The molecule has 22 aromatic rings. The molecule has 484 valence electrons. The predicted molar refractivity (Wildman–Crippen MR) is 442 cm³/mol. The van der Waals surface area contributed by atoms with Crippen molar-refractivity contribution in [1.29, 1.82) is 0 Å². The van der Waals surface area contributed by atoms with Gasteiger partial charge >= 0.3 is 0 Å². The van der Waals surface area contributed by atoms with Crippen molar-refractivity contribution in [3.05, 3.63) is 388 Å². The third kappa shape index (κ3) is 9.39. The molecule has 4 heterocycles. The molecule has 0 amide bonds. The number of para-hydroxylation sites is 4. The zero-order chi connectivity index (χ0) is 68.3. The van der Waals surface area contributed by atoms with E-state index in [0.717, 1.165) is 11.4 Å². The second-order valence-electron chi connectivity index (χ2n) is 27.5. The van der Waals surface area contributed by atoms with Gasteiger partial charge in [-0.15, -0.1) is 0 Å². The number of nitrogens with zero attached hydrogens (tertiary/aromatic N) is 4. The van der Waals surface area contributed by atoms with Gasteiger partial charge in [0.2, 0.25) is 0 Å². The maximum atomic E-state index is 2.46. The molecule has 0 saturated carbocycles. The molecule has 0 N–H and O–H groups in total. The van der Waals surface area contributed by atoms with E-state index in [1.165, 1.54) is 186 Å². The first-order chi connectivity index (χ1) is 51.6. The summed E-state index contributed by atoms with van der Waals surface area (Å²) in [5.74, 6) is 0. The van der Waals surface area contributed by atoms with Crippen LogP contribution < -0.4 is 0 Å². The second-order valence-corrected chi connectivity index (χ2v) is 27.5. The average molecular weight is 1320 g/mol. The van der Waals surface area contributed by atoms with E-state index >= 15 is 0 Å². The highest BCUT2D eigenvalue weighted by molar-refractivity contribution is 6.21. The fourth-order valence-corrected chi connectivity index (χ4v) is 17.1. The summed E-state index contributed by atoms with van der Waals surface area (Å²) in [6.45, 7) is 0. The molecule has 4 nitrogen and oxygen atoms in total. The van der Waals surface area contributed by atoms with E-state index in [0.29, 0.717) is 0 Å². The first-order valence-electron chi connectivity index (χ1n) is 35.9. The normalized spacial score (nSPS) is 11.8. The fraction of sp³-hybridized carbons (Fsp3) is 0. The highest BCUT2D eigenvalue weighted by Gasteiger charge is 2.23. The number of benzene rings is 18. The fourth-order valence-electron chi connectivity index (χ4n) is 17.1. The summed E-state index contributed by atoms with van der Waals surface area (Å²) in [4.78, 5) is 0. The van der Waals surface area contributed by atoms with Crippen LogP contribution in [0.1, 0.15) is 0 Å². The number of rotatable bonds is 8. The molecule has 0 aliphatic rings. The Kier molecular flexibility index (Phi) is 13.6. The Bertz CT molecular complexity index is 7190. The molecule has 0 bridgehead atoms. The van der Waals surface area contributed by atoms with Gasteiger partial charge in [-0.25, -0.2) is 0 Å². The van der Waals surface area contributed by atoms with Crippen LogP contribution in [-0.4, -0.2) is 18.3 Å². The number of hydrogen-bond donors (Lipinski definition) is 0. The van der Waals surface area contributed by atoms with E-state index in [1.54, 1.807) is 0 Å². The Morgan fingerprint density at radius 3 is 1.02 bits per heavy atom. The van der Waals surface area contributed by atoms with E-state index in [2.05, 4.69) is 407 Å². The Morgan fingerprint density at radius 1 is 0.144 bits per heavy atom. The zero-order valence-electron chi connectivity index (χ0n) is 56.7. The summed E-state index contributed by atoms with van der Waals surface area (Å²) in [5.41, 5.74) is 24.1. The Balaban J connectivity index is 0.000000134. The lowest BCUT2D eigenvalue weighted by atomic mass is 9.97. The van der Waals surface area contributed by atoms with Gasteiger partial charge in [0.05, 0.1) is 49.8 Å². The molecule has 0 aliphatic heterocycles. The van der Waals surface area contributed by atoms with Crippen LogP contribution in [0.5, 0.6) is 0 Å². The van der Waals surface area contributed by atoms with E-state index in [9.17, 15) is 0 Å². The number of hydrogen-bond acceptors (Lipinski definition) is 0. The van der Waals surface area contributed by atoms with Crippen LogP contribution >= 0.6 is 0 Å². The number of fused-ring (bicyclic) bond motifs is 18. The second kappa shape index (κ2) is 24.0. The van der Waals surface area contributed by atoms with Crippen LogP contribution in [0.4, 0.5) is 0 Å². The van der Waals surface area contributed by atoms with Gasteiger partial charge in [-0.3, -0.25) is 0 Å². The summed E-state index contributed by atoms with van der Waals surface area (Å²) < 4.78 is 9.71. The van der Waals surface area contributed by atoms with Crippen molar-refractivity contribution in [3.63, 3.8) is 0 Å². The Labute approximate surface area is 600 Å². The molecular weight excluding hydrogens is 1260 g/mol. The smallest absolute Gasteiger partial charge is 0.0547 e. The molecule has 0 atom stereocenters. The van der Waals surface area contributed by atoms with E-state index in [4.69, 9.17) is 0 Å². The van der Waals surface area contributed by atoms with Crippen LogP contribution in [0, 0.1) is 0 Å². The molecule has 0 saturated heterocycles. The standard InChI is InChI=1S/2C50H32N2/c1-3-13-33(14-4-1)40-21-12-24-48-50(40)43-32-37(28-30-46(43)51(48)38-17-5-2-6-18-38)36-27-29-45-42(31-36)41-20-9-10-22-44(41)52(45)47-23-11-16-35-26-25-34-15-7-8-19-39(34)49(35)47;1-3-12-33(13-4-1)41-19-11-21-49-50(41)45-31-37(26-29-48(45)51(49)38-15-5-2-6-16-38)36-25-28-47-44(30-36)42-18-9-10-20-46(42)52(47)39-27-24-35-23-22-34-14-7-8-17-40(34)43(35)32-39/h2*1-32H. The maximum absolute atomic E-state index is 2.46. The van der Waals surface area contributed by atoms with Gasteiger partial charge in [0.1, 0.15) is 0 Å². The minimum absolute atomic E-state index is 1.16. The lowest BCUT2D eigenvalue weighted by molar-refractivity contribution is 1.18. The maximum Gasteiger partial charge on any atom is 0.0547 e. The molecular formula is C100H64N4.